The first-order valence-corrected chi connectivity index (χ1v) is 7.40. The van der Waals surface area contributed by atoms with Gasteiger partial charge in [0.1, 0.15) is 11.4 Å². The van der Waals surface area contributed by atoms with Gasteiger partial charge in [-0.2, -0.15) is 4.98 Å². The van der Waals surface area contributed by atoms with E-state index >= 15 is 0 Å². The van der Waals surface area contributed by atoms with Crippen molar-refractivity contribution in [1.29, 1.82) is 0 Å². The molecule has 1 saturated heterocycles. The number of rotatable bonds is 3. The Labute approximate surface area is 130 Å². The first kappa shape index (κ1) is 14.5. The molecule has 1 fully saturated rings. The van der Waals surface area contributed by atoms with Gasteiger partial charge in [-0.3, -0.25) is 0 Å². The summed E-state index contributed by atoms with van der Waals surface area (Å²) >= 11 is 3.24. The molecule has 2 aromatic rings. The Morgan fingerprint density at radius 1 is 1.33 bits per heavy atom. The van der Waals surface area contributed by atoms with E-state index < -0.39 is 5.60 Å². The largest absolute Gasteiger partial charge is 0.507 e. The number of ether oxygens (including phenoxy) is 2. The third-order valence-corrected chi connectivity index (χ3v) is 4.39. The van der Waals surface area contributed by atoms with Crippen molar-refractivity contribution < 1.29 is 19.1 Å². The highest BCUT2D eigenvalue weighted by atomic mass is 79.9. The minimum atomic E-state index is -0.558. The molecule has 1 aliphatic heterocycles. The molecule has 2 heterocycles. The van der Waals surface area contributed by atoms with E-state index in [4.69, 9.17) is 14.0 Å². The third kappa shape index (κ3) is 2.68. The molecule has 0 spiro atoms. The molecule has 1 aromatic heterocycles. The number of phenols is 1. The van der Waals surface area contributed by atoms with E-state index in [1.807, 2.05) is 0 Å². The first-order valence-electron chi connectivity index (χ1n) is 6.60. The molecule has 1 N–H and O–H groups in total. The van der Waals surface area contributed by atoms with Crippen molar-refractivity contribution in [2.45, 2.75) is 18.4 Å². The van der Waals surface area contributed by atoms with Crippen LogP contribution in [0.4, 0.5) is 0 Å². The Hall–Kier alpha value is -1.44. The number of nitrogens with zero attached hydrogens (tertiary/aromatic N) is 2. The van der Waals surface area contributed by atoms with Gasteiger partial charge in [-0.15, -0.1) is 0 Å². The monoisotopic (exact) mass is 354 g/mol. The van der Waals surface area contributed by atoms with E-state index in [9.17, 15) is 5.11 Å². The molecule has 0 aliphatic carbocycles. The predicted octanol–water partition coefficient (Wildman–Crippen LogP) is 2.86. The Morgan fingerprint density at radius 2 is 2.10 bits per heavy atom. The minimum Gasteiger partial charge on any atom is -0.507 e. The molecule has 0 unspecified atom stereocenters. The van der Waals surface area contributed by atoms with Crippen LogP contribution in [0.25, 0.3) is 11.5 Å². The number of benzene rings is 1. The van der Waals surface area contributed by atoms with Gasteiger partial charge in [0.25, 0.3) is 5.89 Å². The van der Waals surface area contributed by atoms with Crippen LogP contribution in [0.15, 0.2) is 27.2 Å². The fraction of sp³-hybridized carbons (Fsp3) is 0.429. The fourth-order valence-corrected chi connectivity index (χ4v) is 2.64. The van der Waals surface area contributed by atoms with Crippen molar-refractivity contribution in [1.82, 2.24) is 10.1 Å². The molecule has 0 amide bonds. The van der Waals surface area contributed by atoms with Crippen LogP contribution >= 0.6 is 15.9 Å². The second-order valence-electron chi connectivity index (χ2n) is 4.90. The average molecular weight is 355 g/mol. The highest BCUT2D eigenvalue weighted by molar-refractivity contribution is 9.10. The van der Waals surface area contributed by atoms with Crippen LogP contribution in [0.3, 0.4) is 0 Å². The quantitative estimate of drug-likeness (QED) is 0.912. The second-order valence-corrected chi connectivity index (χ2v) is 5.75. The summed E-state index contributed by atoms with van der Waals surface area (Å²) < 4.78 is 16.9. The van der Waals surface area contributed by atoms with Crippen molar-refractivity contribution in [3.05, 3.63) is 28.5 Å². The smallest absolute Gasteiger partial charge is 0.258 e. The fourth-order valence-electron chi connectivity index (χ4n) is 2.39. The van der Waals surface area contributed by atoms with Crippen LogP contribution in [0.5, 0.6) is 5.75 Å². The summed E-state index contributed by atoms with van der Waals surface area (Å²) in [5.74, 6) is 1.00. The minimum absolute atomic E-state index is 0.125. The van der Waals surface area contributed by atoms with Crippen LogP contribution in [-0.4, -0.2) is 35.6 Å². The van der Waals surface area contributed by atoms with Gasteiger partial charge in [0, 0.05) is 38.7 Å². The summed E-state index contributed by atoms with van der Waals surface area (Å²) in [4.78, 5) is 4.43. The molecule has 1 aliphatic rings. The summed E-state index contributed by atoms with van der Waals surface area (Å²) in [7, 11) is 1.65. The molecule has 6 nitrogen and oxygen atoms in total. The van der Waals surface area contributed by atoms with Gasteiger partial charge in [-0.25, -0.2) is 0 Å². The van der Waals surface area contributed by atoms with Crippen LogP contribution in [0, 0.1) is 0 Å². The molecule has 1 aromatic carbocycles. The van der Waals surface area contributed by atoms with E-state index in [0.717, 1.165) is 0 Å². The molecule has 0 radical (unpaired) electrons. The summed E-state index contributed by atoms with van der Waals surface area (Å²) in [5, 5.41) is 13.8. The normalized spacial score (nSPS) is 17.8. The van der Waals surface area contributed by atoms with Gasteiger partial charge in [-0.05, 0) is 34.1 Å². The zero-order chi connectivity index (χ0) is 14.9. The number of phenolic OH excluding ortho intramolecular Hbond substituents is 1. The topological polar surface area (TPSA) is 77.6 Å². The number of hydrogen-bond acceptors (Lipinski definition) is 6. The van der Waals surface area contributed by atoms with E-state index in [1.54, 1.807) is 25.3 Å². The number of hydrogen-bond donors (Lipinski definition) is 1. The number of methoxy groups -OCH3 is 1. The van der Waals surface area contributed by atoms with E-state index in [1.165, 1.54) is 0 Å². The maximum absolute atomic E-state index is 9.74. The van der Waals surface area contributed by atoms with Gasteiger partial charge in [0.15, 0.2) is 0 Å². The summed E-state index contributed by atoms with van der Waals surface area (Å²) in [6.07, 6.45) is 1.38. The lowest BCUT2D eigenvalue weighted by Crippen LogP contribution is -2.36. The summed E-state index contributed by atoms with van der Waals surface area (Å²) in [6, 6.07) is 5.10. The van der Waals surface area contributed by atoms with Crippen LogP contribution < -0.4 is 0 Å². The zero-order valence-electron chi connectivity index (χ0n) is 11.5. The number of halogens is 1. The third-order valence-electron chi connectivity index (χ3n) is 3.72. The van der Waals surface area contributed by atoms with Crippen LogP contribution in [0.2, 0.25) is 0 Å². The average Bonchev–Trinajstić information content (AvgIpc) is 3.01. The number of aromatic hydroxyl groups is 1. The lowest BCUT2D eigenvalue weighted by atomic mass is 9.93. The Balaban J connectivity index is 1.93. The van der Waals surface area contributed by atoms with Crippen molar-refractivity contribution in [2.24, 2.45) is 0 Å². The molecular weight excluding hydrogens is 340 g/mol. The zero-order valence-corrected chi connectivity index (χ0v) is 13.1. The van der Waals surface area contributed by atoms with Gasteiger partial charge < -0.3 is 19.1 Å². The van der Waals surface area contributed by atoms with E-state index in [-0.39, 0.29) is 5.75 Å². The molecule has 21 heavy (non-hydrogen) atoms. The maximum atomic E-state index is 9.74. The first-order chi connectivity index (χ1) is 10.1. The van der Waals surface area contributed by atoms with Crippen LogP contribution in [0.1, 0.15) is 18.7 Å². The van der Waals surface area contributed by atoms with Crippen LogP contribution in [-0.2, 0) is 15.1 Å². The standard InChI is InChI=1S/C14H15BrN2O4/c1-19-14(4-6-20-7-5-14)13-16-12(21-17-13)9-2-3-10(15)11(18)8-9/h2-3,8,18H,4-7H2,1H3. The van der Waals surface area contributed by atoms with Gasteiger partial charge in [-0.1, -0.05) is 5.16 Å². The van der Waals surface area contributed by atoms with Crippen molar-refractivity contribution in [3.63, 3.8) is 0 Å². The molecule has 3 rings (SSSR count). The SMILES string of the molecule is COC1(c2noc(-c3ccc(Br)c(O)c3)n2)CCOCC1. The molecule has 0 atom stereocenters. The Bertz CT molecular complexity index is 638. The highest BCUT2D eigenvalue weighted by Crippen LogP contribution is 2.35. The predicted molar refractivity (Wildman–Crippen MR) is 77.8 cm³/mol. The molecule has 0 saturated carbocycles. The molecule has 7 heteroatoms. The van der Waals surface area contributed by atoms with Crippen molar-refractivity contribution in [2.75, 3.05) is 20.3 Å². The second kappa shape index (κ2) is 5.75. The van der Waals surface area contributed by atoms with Gasteiger partial charge in [0.05, 0.1) is 4.47 Å². The molecular formula is C14H15BrN2O4. The summed E-state index contributed by atoms with van der Waals surface area (Å²) in [6.45, 7) is 1.22. The Kier molecular flexibility index (Phi) is 3.97. The van der Waals surface area contributed by atoms with E-state index in [0.29, 0.717) is 47.8 Å². The van der Waals surface area contributed by atoms with Gasteiger partial charge >= 0.3 is 0 Å². The molecule has 112 valence electrons. The lowest BCUT2D eigenvalue weighted by molar-refractivity contribution is -0.101. The van der Waals surface area contributed by atoms with Gasteiger partial charge in [0.2, 0.25) is 5.82 Å². The summed E-state index contributed by atoms with van der Waals surface area (Å²) in [5.41, 5.74) is 0.102. The molecule has 0 bridgehead atoms. The highest BCUT2D eigenvalue weighted by Gasteiger charge is 2.39. The maximum Gasteiger partial charge on any atom is 0.258 e. The van der Waals surface area contributed by atoms with E-state index in [2.05, 4.69) is 26.1 Å². The van der Waals surface area contributed by atoms with Crippen molar-refractivity contribution >= 4 is 15.9 Å². The number of aromatic nitrogens is 2. The lowest BCUT2D eigenvalue weighted by Gasteiger charge is -2.32. The Morgan fingerprint density at radius 3 is 2.76 bits per heavy atom. The van der Waals surface area contributed by atoms with Crippen molar-refractivity contribution in [3.8, 4) is 17.2 Å².